The van der Waals surface area contributed by atoms with Crippen molar-refractivity contribution >= 4 is 38.9 Å². The molecule has 90 valence electrons. The number of ether oxygens (including phenoxy) is 1. The lowest BCUT2D eigenvalue weighted by Crippen LogP contribution is -2.00. The highest BCUT2D eigenvalue weighted by Crippen LogP contribution is 2.27. The van der Waals surface area contributed by atoms with E-state index in [2.05, 4.69) is 30.9 Å². The molecule has 0 amide bonds. The van der Waals surface area contributed by atoms with Crippen molar-refractivity contribution in [2.75, 3.05) is 7.11 Å². The SMILES string of the molecule is COCc1nc(-c2csc(C)n2)nc(Cl)c1Br. The Labute approximate surface area is 116 Å². The van der Waals surface area contributed by atoms with E-state index in [1.807, 2.05) is 12.3 Å². The van der Waals surface area contributed by atoms with Gasteiger partial charge in [0.2, 0.25) is 0 Å². The third-order valence-corrected chi connectivity index (χ3v) is 4.12. The van der Waals surface area contributed by atoms with Crippen molar-refractivity contribution < 1.29 is 4.74 Å². The van der Waals surface area contributed by atoms with Crippen LogP contribution in [0.15, 0.2) is 9.85 Å². The average Bonchev–Trinajstić information content (AvgIpc) is 2.71. The van der Waals surface area contributed by atoms with Crippen LogP contribution in [0.4, 0.5) is 0 Å². The summed E-state index contributed by atoms with van der Waals surface area (Å²) in [6.45, 7) is 2.31. The van der Waals surface area contributed by atoms with E-state index in [1.165, 1.54) is 0 Å². The van der Waals surface area contributed by atoms with Crippen molar-refractivity contribution in [1.29, 1.82) is 0 Å². The van der Waals surface area contributed by atoms with E-state index in [0.29, 0.717) is 27.8 Å². The molecule has 0 aliphatic heterocycles. The van der Waals surface area contributed by atoms with E-state index in [0.717, 1.165) is 10.7 Å². The first kappa shape index (κ1) is 12.9. The maximum atomic E-state index is 6.03. The summed E-state index contributed by atoms with van der Waals surface area (Å²) in [7, 11) is 1.61. The van der Waals surface area contributed by atoms with Crippen molar-refractivity contribution in [2.24, 2.45) is 0 Å². The Morgan fingerprint density at radius 2 is 2.18 bits per heavy atom. The largest absolute Gasteiger partial charge is 0.378 e. The van der Waals surface area contributed by atoms with Crippen molar-refractivity contribution in [1.82, 2.24) is 15.0 Å². The molecule has 4 nitrogen and oxygen atoms in total. The molecule has 0 saturated carbocycles. The number of thiazole rings is 1. The first-order valence-corrected chi connectivity index (χ1v) is 6.80. The summed E-state index contributed by atoms with van der Waals surface area (Å²) in [4.78, 5) is 12.9. The van der Waals surface area contributed by atoms with Crippen LogP contribution in [0.1, 0.15) is 10.7 Å². The van der Waals surface area contributed by atoms with Gasteiger partial charge in [-0.15, -0.1) is 11.3 Å². The molecular weight excluding hydrogens is 326 g/mol. The predicted octanol–water partition coefficient (Wildman–Crippen LogP) is 3.47. The number of aromatic nitrogens is 3. The van der Waals surface area contributed by atoms with Crippen molar-refractivity contribution in [2.45, 2.75) is 13.5 Å². The van der Waals surface area contributed by atoms with Crippen LogP contribution in [0, 0.1) is 6.92 Å². The number of aryl methyl sites for hydroxylation is 1. The fraction of sp³-hybridized carbons (Fsp3) is 0.300. The minimum atomic E-state index is 0.368. The molecular formula is C10H9BrClN3OS. The Bertz CT molecular complexity index is 546. The molecule has 0 unspecified atom stereocenters. The first-order chi connectivity index (χ1) is 8.11. The van der Waals surface area contributed by atoms with Crippen LogP contribution in [0.5, 0.6) is 0 Å². The second-order valence-corrected chi connectivity index (χ2v) is 5.50. The molecule has 0 saturated heterocycles. The number of halogens is 2. The highest BCUT2D eigenvalue weighted by Gasteiger charge is 2.13. The summed E-state index contributed by atoms with van der Waals surface area (Å²) >= 11 is 10.9. The van der Waals surface area contributed by atoms with Gasteiger partial charge in [-0.2, -0.15) is 0 Å². The Morgan fingerprint density at radius 3 is 2.76 bits per heavy atom. The van der Waals surface area contributed by atoms with Crippen LogP contribution in [-0.4, -0.2) is 22.1 Å². The van der Waals surface area contributed by atoms with Crippen molar-refractivity contribution in [3.8, 4) is 11.5 Å². The molecule has 2 aromatic heterocycles. The third kappa shape index (κ3) is 2.82. The van der Waals surface area contributed by atoms with Gasteiger partial charge in [0.05, 0.1) is 21.8 Å². The second-order valence-electron chi connectivity index (χ2n) is 3.28. The van der Waals surface area contributed by atoms with Gasteiger partial charge in [0.15, 0.2) is 5.82 Å². The normalized spacial score (nSPS) is 10.8. The van der Waals surface area contributed by atoms with Gasteiger partial charge >= 0.3 is 0 Å². The minimum Gasteiger partial charge on any atom is -0.378 e. The molecule has 0 aromatic carbocycles. The van der Waals surface area contributed by atoms with Crippen LogP contribution in [-0.2, 0) is 11.3 Å². The fourth-order valence-corrected chi connectivity index (χ4v) is 2.35. The van der Waals surface area contributed by atoms with Crippen LogP contribution in [0.2, 0.25) is 5.15 Å². The van der Waals surface area contributed by atoms with Gasteiger partial charge < -0.3 is 4.74 Å². The quantitative estimate of drug-likeness (QED) is 0.806. The molecule has 2 rings (SSSR count). The summed E-state index contributed by atoms with van der Waals surface area (Å²) in [5.41, 5.74) is 1.45. The van der Waals surface area contributed by atoms with E-state index in [9.17, 15) is 0 Å². The van der Waals surface area contributed by atoms with E-state index in [4.69, 9.17) is 16.3 Å². The minimum absolute atomic E-state index is 0.368. The van der Waals surface area contributed by atoms with Gasteiger partial charge in [0, 0.05) is 12.5 Å². The zero-order valence-corrected chi connectivity index (χ0v) is 12.4. The number of nitrogens with zero attached hydrogens (tertiary/aromatic N) is 3. The van der Waals surface area contributed by atoms with E-state index < -0.39 is 0 Å². The van der Waals surface area contributed by atoms with E-state index >= 15 is 0 Å². The van der Waals surface area contributed by atoms with Crippen LogP contribution in [0.3, 0.4) is 0 Å². The van der Waals surface area contributed by atoms with Crippen LogP contribution < -0.4 is 0 Å². The van der Waals surface area contributed by atoms with Gasteiger partial charge in [-0.3, -0.25) is 0 Å². The lowest BCUT2D eigenvalue weighted by atomic mass is 10.4. The molecule has 0 N–H and O–H groups in total. The summed E-state index contributed by atoms with van der Waals surface area (Å²) in [6.07, 6.45) is 0. The highest BCUT2D eigenvalue weighted by atomic mass is 79.9. The highest BCUT2D eigenvalue weighted by molar-refractivity contribution is 9.10. The fourth-order valence-electron chi connectivity index (χ4n) is 1.28. The zero-order valence-electron chi connectivity index (χ0n) is 9.20. The Balaban J connectivity index is 2.48. The maximum Gasteiger partial charge on any atom is 0.180 e. The number of hydrogen-bond donors (Lipinski definition) is 0. The molecule has 0 bridgehead atoms. The van der Waals surface area contributed by atoms with Gasteiger partial charge in [0.1, 0.15) is 10.8 Å². The monoisotopic (exact) mass is 333 g/mol. The molecule has 0 fully saturated rings. The number of rotatable bonds is 3. The molecule has 2 heterocycles. The molecule has 17 heavy (non-hydrogen) atoms. The Hall–Kier alpha value is -0.560. The third-order valence-electron chi connectivity index (χ3n) is 2.01. The summed E-state index contributed by atoms with van der Waals surface area (Å²) in [6, 6.07) is 0. The lowest BCUT2D eigenvalue weighted by Gasteiger charge is -2.05. The van der Waals surface area contributed by atoms with Gasteiger partial charge in [0.25, 0.3) is 0 Å². The first-order valence-electron chi connectivity index (χ1n) is 4.75. The second kappa shape index (κ2) is 5.39. The van der Waals surface area contributed by atoms with Gasteiger partial charge in [-0.05, 0) is 22.9 Å². The maximum absolute atomic E-state index is 6.03. The van der Waals surface area contributed by atoms with Gasteiger partial charge in [-0.25, -0.2) is 15.0 Å². The number of methoxy groups -OCH3 is 1. The summed E-state index contributed by atoms with van der Waals surface area (Å²) in [5, 5.41) is 3.24. The van der Waals surface area contributed by atoms with E-state index in [-0.39, 0.29) is 0 Å². The van der Waals surface area contributed by atoms with Crippen LogP contribution >= 0.6 is 38.9 Å². The molecule has 2 aromatic rings. The lowest BCUT2D eigenvalue weighted by molar-refractivity contribution is 0.181. The standard InChI is InChI=1S/C10H9BrClN3OS/c1-5-13-7(4-17-5)10-14-6(3-16-2)8(11)9(12)15-10/h4H,3H2,1-2H3. The van der Waals surface area contributed by atoms with Crippen molar-refractivity contribution in [3.63, 3.8) is 0 Å². The predicted molar refractivity (Wildman–Crippen MR) is 71.3 cm³/mol. The molecule has 0 atom stereocenters. The molecule has 0 aliphatic rings. The number of hydrogen-bond acceptors (Lipinski definition) is 5. The summed E-state index contributed by atoms with van der Waals surface area (Å²) in [5.74, 6) is 0.523. The Kier molecular flexibility index (Phi) is 4.09. The molecule has 0 radical (unpaired) electrons. The van der Waals surface area contributed by atoms with E-state index in [1.54, 1.807) is 18.4 Å². The van der Waals surface area contributed by atoms with Crippen LogP contribution in [0.25, 0.3) is 11.5 Å². The molecule has 7 heteroatoms. The Morgan fingerprint density at radius 1 is 1.41 bits per heavy atom. The molecule has 0 spiro atoms. The molecule has 0 aliphatic carbocycles. The zero-order chi connectivity index (χ0) is 12.4. The van der Waals surface area contributed by atoms with Gasteiger partial charge in [-0.1, -0.05) is 11.6 Å². The van der Waals surface area contributed by atoms with Crippen molar-refractivity contribution in [3.05, 3.63) is 25.7 Å². The smallest absolute Gasteiger partial charge is 0.180 e. The topological polar surface area (TPSA) is 47.9 Å². The average molecular weight is 335 g/mol. The summed E-state index contributed by atoms with van der Waals surface area (Å²) < 4.78 is 5.73.